The maximum absolute atomic E-state index is 13.5. The predicted molar refractivity (Wildman–Crippen MR) is 128 cm³/mol. The van der Waals surface area contributed by atoms with E-state index in [2.05, 4.69) is 5.10 Å². The maximum Gasteiger partial charge on any atom is 0.257 e. The van der Waals surface area contributed by atoms with Gasteiger partial charge < -0.3 is 9.80 Å². The molecule has 8 nitrogen and oxygen atoms in total. The third-order valence-corrected chi connectivity index (χ3v) is 8.31. The van der Waals surface area contributed by atoms with Crippen LogP contribution in [0.4, 0.5) is 4.39 Å². The van der Waals surface area contributed by atoms with Crippen molar-refractivity contribution in [3.8, 4) is 16.9 Å². The van der Waals surface area contributed by atoms with Crippen LogP contribution in [0.15, 0.2) is 60.8 Å². The minimum absolute atomic E-state index is 0.0550. The van der Waals surface area contributed by atoms with Crippen LogP contribution in [0.25, 0.3) is 16.9 Å². The molecule has 1 unspecified atom stereocenters. The Morgan fingerprint density at radius 1 is 0.914 bits per heavy atom. The molecular weight excluding hydrogens is 471 g/mol. The van der Waals surface area contributed by atoms with Gasteiger partial charge >= 0.3 is 0 Å². The van der Waals surface area contributed by atoms with Crippen molar-refractivity contribution in [2.75, 3.05) is 37.7 Å². The molecule has 2 aliphatic rings. The van der Waals surface area contributed by atoms with Crippen molar-refractivity contribution in [2.24, 2.45) is 5.92 Å². The second-order valence-electron chi connectivity index (χ2n) is 8.90. The molecule has 1 aromatic heterocycles. The average molecular weight is 497 g/mol. The number of hydrogen-bond acceptors (Lipinski definition) is 5. The predicted octanol–water partition coefficient (Wildman–Crippen LogP) is 2.40. The monoisotopic (exact) mass is 496 g/mol. The molecule has 5 rings (SSSR count). The Morgan fingerprint density at radius 2 is 1.57 bits per heavy atom. The highest BCUT2D eigenvalue weighted by atomic mass is 32.2. The van der Waals surface area contributed by atoms with Crippen LogP contribution in [-0.2, 0) is 14.6 Å². The number of rotatable bonds is 4. The zero-order valence-corrected chi connectivity index (χ0v) is 19.8. The Balaban J connectivity index is 1.36. The summed E-state index contributed by atoms with van der Waals surface area (Å²) >= 11 is 0. The Kier molecular flexibility index (Phi) is 6.14. The lowest BCUT2D eigenvalue weighted by molar-refractivity contribution is -0.136. The van der Waals surface area contributed by atoms with Crippen LogP contribution in [0.3, 0.4) is 0 Å². The fourth-order valence-corrected chi connectivity index (χ4v) is 6.35. The molecule has 2 saturated heterocycles. The number of benzene rings is 2. The van der Waals surface area contributed by atoms with E-state index < -0.39 is 15.8 Å². The number of nitrogens with zero attached hydrogens (tertiary/aromatic N) is 4. The van der Waals surface area contributed by atoms with Gasteiger partial charge in [-0.15, -0.1) is 0 Å². The highest BCUT2D eigenvalue weighted by molar-refractivity contribution is 7.91. The highest BCUT2D eigenvalue weighted by Gasteiger charge is 2.37. The molecule has 0 radical (unpaired) electrons. The lowest BCUT2D eigenvalue weighted by atomic mass is 10.1. The lowest BCUT2D eigenvalue weighted by Crippen LogP contribution is -2.52. The molecule has 35 heavy (non-hydrogen) atoms. The van der Waals surface area contributed by atoms with Crippen molar-refractivity contribution in [3.05, 3.63) is 72.2 Å². The molecule has 0 N–H and O–H groups in total. The molecule has 2 amide bonds. The first-order valence-electron chi connectivity index (χ1n) is 11.5. The van der Waals surface area contributed by atoms with Gasteiger partial charge in [0.2, 0.25) is 5.91 Å². The van der Waals surface area contributed by atoms with E-state index in [0.29, 0.717) is 49.4 Å². The summed E-state index contributed by atoms with van der Waals surface area (Å²) in [4.78, 5) is 29.6. The van der Waals surface area contributed by atoms with Crippen LogP contribution in [0.2, 0.25) is 0 Å². The number of hydrogen-bond donors (Lipinski definition) is 0. The molecule has 10 heteroatoms. The lowest BCUT2D eigenvalue weighted by Gasteiger charge is -2.35. The Morgan fingerprint density at radius 3 is 2.20 bits per heavy atom. The topological polar surface area (TPSA) is 92.6 Å². The summed E-state index contributed by atoms with van der Waals surface area (Å²) in [5.74, 6) is -1.27. The molecular formula is C25H25FN4O4S. The third kappa shape index (κ3) is 4.84. The van der Waals surface area contributed by atoms with E-state index >= 15 is 0 Å². The number of carbonyl (C=O) groups is 2. The Hall–Kier alpha value is -3.53. The summed E-state index contributed by atoms with van der Waals surface area (Å²) in [5.41, 5.74) is 2.26. The van der Waals surface area contributed by atoms with Crippen LogP contribution in [0.5, 0.6) is 0 Å². The second-order valence-corrected chi connectivity index (χ2v) is 11.1. The summed E-state index contributed by atoms with van der Waals surface area (Å²) in [7, 11) is -3.14. The van der Waals surface area contributed by atoms with Crippen LogP contribution in [0.1, 0.15) is 16.8 Å². The zero-order chi connectivity index (χ0) is 24.6. The maximum atomic E-state index is 13.5. The van der Waals surface area contributed by atoms with Crippen molar-refractivity contribution in [1.29, 1.82) is 0 Å². The van der Waals surface area contributed by atoms with Crippen LogP contribution in [-0.4, -0.2) is 77.5 Å². The molecule has 3 heterocycles. The van der Waals surface area contributed by atoms with Crippen molar-refractivity contribution in [1.82, 2.24) is 19.6 Å². The van der Waals surface area contributed by atoms with E-state index in [4.69, 9.17) is 0 Å². The largest absolute Gasteiger partial charge is 0.339 e. The van der Waals surface area contributed by atoms with Gasteiger partial charge in [0, 0.05) is 37.9 Å². The van der Waals surface area contributed by atoms with Gasteiger partial charge in [0.15, 0.2) is 9.84 Å². The summed E-state index contributed by atoms with van der Waals surface area (Å²) in [6.07, 6.45) is 2.04. The van der Waals surface area contributed by atoms with Crippen molar-refractivity contribution >= 4 is 21.7 Å². The number of aromatic nitrogens is 2. The van der Waals surface area contributed by atoms with E-state index in [9.17, 15) is 22.4 Å². The summed E-state index contributed by atoms with van der Waals surface area (Å²) in [6.45, 7) is 1.37. The first-order valence-corrected chi connectivity index (χ1v) is 13.3. The first kappa shape index (κ1) is 23.2. The number of piperazine rings is 1. The quantitative estimate of drug-likeness (QED) is 0.553. The van der Waals surface area contributed by atoms with Gasteiger partial charge in [-0.2, -0.15) is 5.10 Å². The summed E-state index contributed by atoms with van der Waals surface area (Å²) in [6, 6.07) is 15.3. The standard InChI is InChI=1S/C25H25FN4O4S/c26-20-8-6-18(7-9-20)23-22(16-30(27-23)21-4-2-1-3-5-21)25(32)29-13-11-28(12-14-29)24(31)19-10-15-35(33,34)17-19/h1-9,16,19H,10-15,17H2. The minimum Gasteiger partial charge on any atom is -0.339 e. The molecule has 3 aromatic rings. The van der Waals surface area contributed by atoms with E-state index in [1.54, 1.807) is 32.8 Å². The highest BCUT2D eigenvalue weighted by Crippen LogP contribution is 2.26. The molecule has 182 valence electrons. The number of sulfone groups is 1. The molecule has 2 fully saturated rings. The number of amides is 2. The molecule has 0 aliphatic carbocycles. The zero-order valence-electron chi connectivity index (χ0n) is 19.0. The fourth-order valence-electron chi connectivity index (χ4n) is 4.61. The molecule has 0 saturated carbocycles. The molecule has 1 atom stereocenters. The fraction of sp³-hybridized carbons (Fsp3) is 0.320. The van der Waals surface area contributed by atoms with Gasteiger partial charge in [-0.05, 0) is 42.8 Å². The van der Waals surface area contributed by atoms with Crippen LogP contribution >= 0.6 is 0 Å². The van der Waals surface area contributed by atoms with Crippen LogP contribution in [0, 0.1) is 11.7 Å². The molecule has 2 aromatic carbocycles. The van der Waals surface area contributed by atoms with Gasteiger partial charge in [-0.1, -0.05) is 18.2 Å². The van der Waals surface area contributed by atoms with E-state index in [1.807, 2.05) is 30.3 Å². The van der Waals surface area contributed by atoms with Crippen molar-refractivity contribution in [3.63, 3.8) is 0 Å². The molecule has 0 spiro atoms. The number of para-hydroxylation sites is 1. The summed E-state index contributed by atoms with van der Waals surface area (Å²) in [5, 5.41) is 4.63. The summed E-state index contributed by atoms with van der Waals surface area (Å²) < 4.78 is 38.6. The van der Waals surface area contributed by atoms with E-state index in [0.717, 1.165) is 5.69 Å². The average Bonchev–Trinajstić information content (AvgIpc) is 3.48. The van der Waals surface area contributed by atoms with E-state index in [1.165, 1.54) is 12.1 Å². The Labute approximate surface area is 202 Å². The second kappa shape index (κ2) is 9.26. The van der Waals surface area contributed by atoms with E-state index in [-0.39, 0.29) is 29.1 Å². The first-order chi connectivity index (χ1) is 16.8. The van der Waals surface area contributed by atoms with Gasteiger partial charge in [0.25, 0.3) is 5.91 Å². The third-order valence-electron chi connectivity index (χ3n) is 6.54. The van der Waals surface area contributed by atoms with Crippen LogP contribution < -0.4 is 0 Å². The number of carbonyl (C=O) groups excluding carboxylic acids is 2. The van der Waals surface area contributed by atoms with Gasteiger partial charge in [0.05, 0.1) is 28.7 Å². The normalized spacial score (nSPS) is 19.6. The van der Waals surface area contributed by atoms with Crippen molar-refractivity contribution < 1.29 is 22.4 Å². The van der Waals surface area contributed by atoms with Gasteiger partial charge in [-0.25, -0.2) is 17.5 Å². The van der Waals surface area contributed by atoms with Crippen molar-refractivity contribution in [2.45, 2.75) is 6.42 Å². The van der Waals surface area contributed by atoms with Gasteiger partial charge in [0.1, 0.15) is 11.5 Å². The minimum atomic E-state index is -3.14. The smallest absolute Gasteiger partial charge is 0.257 e. The van der Waals surface area contributed by atoms with Gasteiger partial charge in [-0.3, -0.25) is 9.59 Å². The molecule has 2 aliphatic heterocycles. The Bertz CT molecular complexity index is 1350. The molecule has 0 bridgehead atoms. The number of halogens is 1. The SMILES string of the molecule is O=C(c1cn(-c2ccccc2)nc1-c1ccc(F)cc1)N1CCN(C(=O)C2CCS(=O)(=O)C2)CC1.